The molecule has 10 nitrogen and oxygen atoms in total. The van der Waals surface area contributed by atoms with Gasteiger partial charge in [0.05, 0.1) is 17.8 Å². The number of urea groups is 1. The Hall–Kier alpha value is -2.24. The van der Waals surface area contributed by atoms with E-state index in [0.29, 0.717) is 5.69 Å². The maximum atomic E-state index is 12.5. The van der Waals surface area contributed by atoms with Crippen molar-refractivity contribution < 1.29 is 17.9 Å². The minimum atomic E-state index is -4.35. The lowest BCUT2D eigenvalue weighted by atomic mass is 10.2. The number of methoxy groups -OCH3 is 1. The first-order chi connectivity index (χ1) is 12.0. The molecule has 2 rings (SSSR count). The van der Waals surface area contributed by atoms with Crippen LogP contribution in [0.5, 0.6) is 6.01 Å². The lowest BCUT2D eigenvalue weighted by Crippen LogP contribution is -2.35. The van der Waals surface area contributed by atoms with E-state index < -0.39 is 20.9 Å². The number of ether oxygens (including phenoxy) is 1. The second-order valence-electron chi connectivity index (χ2n) is 5.01. The topological polar surface area (TPSA) is 136 Å². The lowest BCUT2D eigenvalue weighted by molar-refractivity contribution is 0.256. The van der Waals surface area contributed by atoms with Gasteiger partial charge in [-0.2, -0.15) is 15.0 Å². The Morgan fingerprint density at radius 3 is 2.35 bits per heavy atom. The summed E-state index contributed by atoms with van der Waals surface area (Å²) in [6.45, 7) is 4.58. The maximum absolute atomic E-state index is 12.5. The smallest absolute Gasteiger partial charge is 0.335 e. The first kappa shape index (κ1) is 20.1. The number of anilines is 1. The summed E-state index contributed by atoms with van der Waals surface area (Å²) in [4.78, 5) is 27.0. The number of hydrogen-bond donors (Lipinski definition) is 2. The number of aryl methyl sites for hydroxylation is 2. The van der Waals surface area contributed by atoms with E-state index in [1.165, 1.54) is 14.0 Å². The standard InChI is InChI=1S/C13H14Cl2N6O4S/c1-5-8(14)6(2)16-10(15)9(5)26(23,24)21-12(22)19-11-17-7(3)18-13(20-11)25-4/h1-4H3,(H2,17,18,19,20,21,22). The third kappa shape index (κ3) is 4.29. The van der Waals surface area contributed by atoms with Gasteiger partial charge in [0.2, 0.25) is 5.95 Å². The fraction of sp³-hybridized carbons (Fsp3) is 0.308. The van der Waals surface area contributed by atoms with Gasteiger partial charge in [0.15, 0.2) is 0 Å². The maximum Gasteiger partial charge on any atom is 0.335 e. The van der Waals surface area contributed by atoms with Gasteiger partial charge in [-0.15, -0.1) is 0 Å². The summed E-state index contributed by atoms with van der Waals surface area (Å²) in [5, 5.41) is 2.01. The summed E-state index contributed by atoms with van der Waals surface area (Å²) in [6, 6.07) is -1.14. The van der Waals surface area contributed by atoms with E-state index in [0.717, 1.165) is 0 Å². The Labute approximate surface area is 159 Å². The van der Waals surface area contributed by atoms with Gasteiger partial charge in [-0.3, -0.25) is 5.32 Å². The summed E-state index contributed by atoms with van der Waals surface area (Å²) in [5.74, 6) is 0.0772. The quantitative estimate of drug-likeness (QED) is 0.716. The van der Waals surface area contributed by atoms with Gasteiger partial charge in [-0.1, -0.05) is 23.2 Å². The third-order valence-corrected chi connectivity index (χ3v) is 5.50. The van der Waals surface area contributed by atoms with Crippen LogP contribution in [-0.2, 0) is 10.0 Å². The Morgan fingerprint density at radius 2 is 1.73 bits per heavy atom. The second-order valence-corrected chi connectivity index (χ2v) is 7.36. The Balaban J connectivity index is 2.29. The monoisotopic (exact) mass is 420 g/mol. The number of sulfonamides is 1. The second kappa shape index (κ2) is 7.56. The summed E-state index contributed by atoms with van der Waals surface area (Å²) in [6.07, 6.45) is 0. The van der Waals surface area contributed by atoms with Gasteiger partial charge in [0.25, 0.3) is 10.0 Å². The van der Waals surface area contributed by atoms with Crippen molar-refractivity contribution >= 4 is 45.2 Å². The van der Waals surface area contributed by atoms with Gasteiger partial charge in [-0.05, 0) is 26.3 Å². The zero-order valence-electron chi connectivity index (χ0n) is 14.1. The van der Waals surface area contributed by atoms with Crippen LogP contribution in [-0.4, -0.2) is 41.5 Å². The van der Waals surface area contributed by atoms with Crippen molar-refractivity contribution in [1.29, 1.82) is 0 Å². The first-order valence-corrected chi connectivity index (χ1v) is 9.21. The highest BCUT2D eigenvalue weighted by atomic mass is 35.5. The molecule has 0 aromatic carbocycles. The molecule has 0 radical (unpaired) electrons. The molecule has 26 heavy (non-hydrogen) atoms. The van der Waals surface area contributed by atoms with E-state index in [4.69, 9.17) is 27.9 Å². The van der Waals surface area contributed by atoms with E-state index in [9.17, 15) is 13.2 Å². The molecule has 0 aliphatic carbocycles. The van der Waals surface area contributed by atoms with Crippen LogP contribution < -0.4 is 14.8 Å². The minimum absolute atomic E-state index is 0.0379. The van der Waals surface area contributed by atoms with Crippen LogP contribution in [0.25, 0.3) is 0 Å². The predicted octanol–water partition coefficient (Wildman–Crippen LogP) is 2.02. The normalized spacial score (nSPS) is 11.2. The Morgan fingerprint density at radius 1 is 1.08 bits per heavy atom. The van der Waals surface area contributed by atoms with E-state index in [-0.39, 0.29) is 33.5 Å². The van der Waals surface area contributed by atoms with Gasteiger partial charge < -0.3 is 4.74 Å². The highest BCUT2D eigenvalue weighted by Gasteiger charge is 2.27. The molecular formula is C13H14Cl2N6O4S. The van der Waals surface area contributed by atoms with Crippen molar-refractivity contribution in [2.24, 2.45) is 0 Å². The van der Waals surface area contributed by atoms with Crippen molar-refractivity contribution in [3.8, 4) is 6.01 Å². The summed E-state index contributed by atoms with van der Waals surface area (Å²) >= 11 is 11.9. The van der Waals surface area contributed by atoms with E-state index >= 15 is 0 Å². The highest BCUT2D eigenvalue weighted by molar-refractivity contribution is 7.90. The molecule has 2 heterocycles. The zero-order chi connectivity index (χ0) is 19.6. The van der Waals surface area contributed by atoms with Crippen LogP contribution in [0.3, 0.4) is 0 Å². The van der Waals surface area contributed by atoms with Gasteiger partial charge in [-0.25, -0.2) is 22.9 Å². The SMILES string of the molecule is COc1nc(C)nc(NC(=O)NS(=O)(=O)c2c(Cl)nc(C)c(Cl)c2C)n1. The van der Waals surface area contributed by atoms with Crippen molar-refractivity contribution in [2.45, 2.75) is 25.7 Å². The fourth-order valence-corrected chi connectivity index (χ4v) is 3.93. The van der Waals surface area contributed by atoms with Gasteiger partial charge >= 0.3 is 12.0 Å². The number of pyridine rings is 1. The van der Waals surface area contributed by atoms with Crippen molar-refractivity contribution in [3.63, 3.8) is 0 Å². The molecule has 0 aliphatic rings. The van der Waals surface area contributed by atoms with E-state index in [1.54, 1.807) is 18.6 Å². The zero-order valence-corrected chi connectivity index (χ0v) is 16.4. The molecule has 0 saturated heterocycles. The molecule has 2 N–H and O–H groups in total. The molecule has 13 heteroatoms. The van der Waals surface area contributed by atoms with Crippen LogP contribution >= 0.6 is 23.2 Å². The predicted molar refractivity (Wildman–Crippen MR) is 94.2 cm³/mol. The Kier molecular flexibility index (Phi) is 5.84. The third-order valence-electron chi connectivity index (χ3n) is 3.07. The number of rotatable bonds is 4. The molecule has 0 aliphatic heterocycles. The molecule has 2 aromatic heterocycles. The van der Waals surface area contributed by atoms with Crippen molar-refractivity contribution in [2.75, 3.05) is 12.4 Å². The summed E-state index contributed by atoms with van der Waals surface area (Å²) in [7, 11) is -3.01. The molecule has 0 spiro atoms. The highest BCUT2D eigenvalue weighted by Crippen LogP contribution is 2.30. The minimum Gasteiger partial charge on any atom is -0.467 e. The number of carbonyl (C=O) groups excluding carboxylic acids is 1. The molecular weight excluding hydrogens is 407 g/mol. The summed E-state index contributed by atoms with van der Waals surface area (Å²) < 4.78 is 31.6. The fourth-order valence-electron chi connectivity index (χ4n) is 1.99. The number of aromatic nitrogens is 4. The van der Waals surface area contributed by atoms with Crippen molar-refractivity contribution in [1.82, 2.24) is 24.7 Å². The lowest BCUT2D eigenvalue weighted by Gasteiger charge is -2.13. The molecule has 2 amide bonds. The number of amides is 2. The van der Waals surface area contributed by atoms with Crippen LogP contribution in [0.1, 0.15) is 17.1 Å². The average molecular weight is 421 g/mol. The Bertz CT molecular complexity index is 983. The van der Waals surface area contributed by atoms with Crippen LogP contribution in [0.4, 0.5) is 10.7 Å². The number of nitrogens with zero attached hydrogens (tertiary/aromatic N) is 4. The largest absolute Gasteiger partial charge is 0.467 e. The van der Waals surface area contributed by atoms with Gasteiger partial charge in [0, 0.05) is 0 Å². The first-order valence-electron chi connectivity index (χ1n) is 6.97. The molecule has 0 saturated carbocycles. The van der Waals surface area contributed by atoms with Crippen LogP contribution in [0, 0.1) is 20.8 Å². The molecule has 140 valence electrons. The molecule has 2 aromatic rings. The number of nitrogens with one attached hydrogen (secondary N) is 2. The molecule has 0 bridgehead atoms. The molecule has 0 fully saturated rings. The number of carbonyl (C=O) groups is 1. The number of halogens is 2. The molecule has 0 atom stereocenters. The van der Waals surface area contributed by atoms with E-state index in [2.05, 4.69) is 25.3 Å². The van der Waals surface area contributed by atoms with Crippen molar-refractivity contribution in [3.05, 3.63) is 27.3 Å². The van der Waals surface area contributed by atoms with Gasteiger partial charge in [0.1, 0.15) is 15.9 Å². The number of hydrogen-bond acceptors (Lipinski definition) is 8. The van der Waals surface area contributed by atoms with E-state index in [1.807, 2.05) is 0 Å². The summed E-state index contributed by atoms with van der Waals surface area (Å²) in [5.41, 5.74) is 0.535. The molecule has 0 unspecified atom stereocenters. The van der Waals surface area contributed by atoms with Crippen LogP contribution in [0.2, 0.25) is 10.2 Å². The van der Waals surface area contributed by atoms with Crippen LogP contribution in [0.15, 0.2) is 4.90 Å². The average Bonchev–Trinajstić information content (AvgIpc) is 2.50.